The van der Waals surface area contributed by atoms with Gasteiger partial charge in [0, 0.05) is 20.6 Å². The summed E-state index contributed by atoms with van der Waals surface area (Å²) in [5.74, 6) is -0.170. The van der Waals surface area contributed by atoms with Crippen LogP contribution in [0.4, 0.5) is 0 Å². The van der Waals surface area contributed by atoms with Gasteiger partial charge in [0.15, 0.2) is 11.2 Å². The molecule has 0 fully saturated rings. The van der Waals surface area contributed by atoms with Crippen molar-refractivity contribution in [2.24, 2.45) is 14.1 Å². The number of aromatic nitrogens is 4. The van der Waals surface area contributed by atoms with Crippen LogP contribution in [0.5, 0.6) is 0 Å². The molecule has 26 heavy (non-hydrogen) atoms. The molecule has 140 valence electrons. The summed E-state index contributed by atoms with van der Waals surface area (Å²) in [5.41, 5.74) is 1.05. The highest BCUT2D eigenvalue weighted by Gasteiger charge is 2.21. The molecule has 1 N–H and O–H groups in total. The first kappa shape index (κ1) is 18.2. The number of rotatable bonds is 5. The largest absolute Gasteiger partial charge is 0.354 e. The molecule has 0 unspecified atom stereocenters. The molecule has 1 aliphatic rings. The highest BCUT2D eigenvalue weighted by molar-refractivity contribution is 5.82. The molecule has 0 aromatic carbocycles. The van der Waals surface area contributed by atoms with Gasteiger partial charge >= 0.3 is 5.69 Å². The van der Waals surface area contributed by atoms with Crippen molar-refractivity contribution < 1.29 is 4.79 Å². The fourth-order valence-electron chi connectivity index (χ4n) is 3.41. The molecule has 0 aliphatic heterocycles. The van der Waals surface area contributed by atoms with Gasteiger partial charge in [-0.15, -0.1) is 0 Å². The lowest BCUT2D eigenvalue weighted by molar-refractivity contribution is -0.123. The van der Waals surface area contributed by atoms with E-state index < -0.39 is 17.3 Å². The highest BCUT2D eigenvalue weighted by Crippen LogP contribution is 2.19. The maximum absolute atomic E-state index is 12.5. The van der Waals surface area contributed by atoms with Crippen LogP contribution in [0.1, 0.15) is 45.1 Å². The van der Waals surface area contributed by atoms with Crippen LogP contribution in [-0.2, 0) is 18.9 Å². The summed E-state index contributed by atoms with van der Waals surface area (Å²) in [7, 11) is 2.98. The number of nitrogens with one attached hydrogen (secondary N) is 1. The van der Waals surface area contributed by atoms with Gasteiger partial charge in [-0.2, -0.15) is 0 Å². The topological polar surface area (TPSA) is 90.9 Å². The summed E-state index contributed by atoms with van der Waals surface area (Å²) in [6.07, 6.45) is 9.28. The summed E-state index contributed by atoms with van der Waals surface area (Å²) in [4.78, 5) is 41.2. The van der Waals surface area contributed by atoms with Crippen molar-refractivity contribution in [1.29, 1.82) is 0 Å². The Kier molecular flexibility index (Phi) is 5.11. The van der Waals surface area contributed by atoms with Crippen molar-refractivity contribution in [1.82, 2.24) is 24.0 Å². The number of carbonyl (C=O) groups excluding carboxylic acids is 1. The Hall–Kier alpha value is -2.64. The Balaban J connectivity index is 1.78. The first-order valence-corrected chi connectivity index (χ1v) is 9.00. The van der Waals surface area contributed by atoms with Gasteiger partial charge < -0.3 is 9.88 Å². The van der Waals surface area contributed by atoms with Gasteiger partial charge in [-0.3, -0.25) is 18.7 Å². The van der Waals surface area contributed by atoms with Crippen LogP contribution < -0.4 is 16.6 Å². The zero-order valence-corrected chi connectivity index (χ0v) is 15.5. The SMILES string of the molecule is C[C@@H](C(=O)NCCC1=CCCCC1)n1cnc2c1c(=O)n(C)c(=O)n2C. The summed E-state index contributed by atoms with van der Waals surface area (Å²) >= 11 is 0. The van der Waals surface area contributed by atoms with E-state index in [0.29, 0.717) is 6.54 Å². The average Bonchev–Trinajstić information content (AvgIpc) is 3.10. The molecule has 0 saturated carbocycles. The molecule has 8 nitrogen and oxygen atoms in total. The van der Waals surface area contributed by atoms with Gasteiger partial charge in [-0.25, -0.2) is 9.78 Å². The number of fused-ring (bicyclic) bond motifs is 1. The van der Waals surface area contributed by atoms with Crippen molar-refractivity contribution in [3.63, 3.8) is 0 Å². The Morgan fingerprint density at radius 1 is 1.27 bits per heavy atom. The number of hydrogen-bond donors (Lipinski definition) is 1. The lowest BCUT2D eigenvalue weighted by atomic mass is 9.97. The third-order valence-electron chi connectivity index (χ3n) is 5.10. The van der Waals surface area contributed by atoms with E-state index in [9.17, 15) is 14.4 Å². The van der Waals surface area contributed by atoms with E-state index in [0.717, 1.165) is 23.8 Å². The number of carbonyl (C=O) groups is 1. The molecule has 2 heterocycles. The van der Waals surface area contributed by atoms with Crippen molar-refractivity contribution in [2.75, 3.05) is 6.54 Å². The standard InChI is InChI=1S/C18H25N5O3/c1-12(16(24)19-10-9-13-7-5-4-6-8-13)23-11-20-15-14(23)17(25)22(3)18(26)21(15)2/h7,11-12H,4-6,8-10H2,1-3H3,(H,19,24)/t12-/m0/s1. The van der Waals surface area contributed by atoms with Gasteiger partial charge in [-0.1, -0.05) is 11.6 Å². The molecule has 1 amide bonds. The third-order valence-corrected chi connectivity index (χ3v) is 5.10. The second-order valence-electron chi connectivity index (χ2n) is 6.85. The molecule has 0 spiro atoms. The van der Waals surface area contributed by atoms with Gasteiger partial charge in [-0.05, 0) is 39.0 Å². The molecule has 8 heteroatoms. The number of aryl methyl sites for hydroxylation is 1. The highest BCUT2D eigenvalue weighted by atomic mass is 16.2. The van der Waals surface area contributed by atoms with Crippen molar-refractivity contribution in [3.8, 4) is 0 Å². The first-order valence-electron chi connectivity index (χ1n) is 9.00. The summed E-state index contributed by atoms with van der Waals surface area (Å²) in [6.45, 7) is 2.30. The zero-order valence-electron chi connectivity index (χ0n) is 15.5. The van der Waals surface area contributed by atoms with E-state index in [2.05, 4.69) is 16.4 Å². The van der Waals surface area contributed by atoms with Crippen LogP contribution in [0, 0.1) is 0 Å². The number of imidazole rings is 1. The number of nitrogens with zero attached hydrogens (tertiary/aromatic N) is 4. The second-order valence-corrected chi connectivity index (χ2v) is 6.85. The monoisotopic (exact) mass is 359 g/mol. The number of amides is 1. The number of hydrogen-bond acceptors (Lipinski definition) is 4. The van der Waals surface area contributed by atoms with Crippen molar-refractivity contribution >= 4 is 17.1 Å². The molecule has 1 atom stereocenters. The lowest BCUT2D eigenvalue weighted by Gasteiger charge is -2.16. The quantitative estimate of drug-likeness (QED) is 0.807. The van der Waals surface area contributed by atoms with Gasteiger partial charge in [0.05, 0.1) is 6.33 Å². The minimum absolute atomic E-state index is 0.170. The van der Waals surface area contributed by atoms with Crippen LogP contribution in [0.3, 0.4) is 0 Å². The Morgan fingerprint density at radius 2 is 2.04 bits per heavy atom. The Bertz CT molecular complexity index is 979. The van der Waals surface area contributed by atoms with E-state index in [1.54, 1.807) is 14.0 Å². The van der Waals surface area contributed by atoms with Gasteiger partial charge in [0.1, 0.15) is 6.04 Å². The summed E-state index contributed by atoms with van der Waals surface area (Å²) < 4.78 is 3.88. The predicted octanol–water partition coefficient (Wildman–Crippen LogP) is 1.00. The predicted molar refractivity (Wildman–Crippen MR) is 99.1 cm³/mol. The molecule has 0 bridgehead atoms. The van der Waals surface area contributed by atoms with Gasteiger partial charge in [0.2, 0.25) is 5.91 Å². The maximum Gasteiger partial charge on any atom is 0.332 e. The lowest BCUT2D eigenvalue weighted by Crippen LogP contribution is -2.38. The van der Waals surface area contributed by atoms with Crippen molar-refractivity contribution in [3.05, 3.63) is 38.8 Å². The van der Waals surface area contributed by atoms with Crippen molar-refractivity contribution in [2.45, 2.75) is 45.1 Å². The molecule has 0 saturated heterocycles. The fraction of sp³-hybridized carbons (Fsp3) is 0.556. The van der Waals surface area contributed by atoms with E-state index >= 15 is 0 Å². The fourth-order valence-corrected chi connectivity index (χ4v) is 3.41. The molecular weight excluding hydrogens is 334 g/mol. The smallest absolute Gasteiger partial charge is 0.332 e. The minimum Gasteiger partial charge on any atom is -0.354 e. The van der Waals surface area contributed by atoms with Crippen LogP contribution >= 0.6 is 0 Å². The average molecular weight is 359 g/mol. The van der Waals surface area contributed by atoms with Gasteiger partial charge in [0.25, 0.3) is 5.56 Å². The third kappa shape index (κ3) is 3.23. The van der Waals surface area contributed by atoms with E-state index in [-0.39, 0.29) is 17.1 Å². The summed E-state index contributed by atoms with van der Waals surface area (Å²) in [6, 6.07) is -0.592. The minimum atomic E-state index is -0.592. The zero-order chi connectivity index (χ0) is 18.8. The Labute approximate surface area is 151 Å². The van der Waals surface area contributed by atoms with E-state index in [1.807, 2.05) is 0 Å². The molecule has 2 aromatic heterocycles. The first-order chi connectivity index (χ1) is 12.4. The maximum atomic E-state index is 12.5. The second kappa shape index (κ2) is 7.31. The van der Waals surface area contributed by atoms with Crippen LogP contribution in [-0.4, -0.2) is 31.1 Å². The van der Waals surface area contributed by atoms with Crippen LogP contribution in [0.2, 0.25) is 0 Å². The Morgan fingerprint density at radius 3 is 2.73 bits per heavy atom. The molecule has 3 rings (SSSR count). The van der Waals surface area contributed by atoms with E-state index in [1.165, 1.54) is 40.9 Å². The summed E-state index contributed by atoms with van der Waals surface area (Å²) in [5, 5.41) is 2.94. The molecule has 0 radical (unpaired) electrons. The molecular formula is C18H25N5O3. The normalized spacial score (nSPS) is 15.7. The molecule has 2 aromatic rings. The van der Waals surface area contributed by atoms with Crippen LogP contribution in [0.25, 0.3) is 11.2 Å². The molecule has 1 aliphatic carbocycles. The van der Waals surface area contributed by atoms with Crippen LogP contribution in [0.15, 0.2) is 27.6 Å². The van der Waals surface area contributed by atoms with E-state index in [4.69, 9.17) is 0 Å². The number of allylic oxidation sites excluding steroid dienone is 1.